The molecule has 0 spiro atoms. The Morgan fingerprint density at radius 3 is 2.33 bits per heavy atom. The van der Waals surface area contributed by atoms with Crippen LogP contribution in [0.1, 0.15) is 18.2 Å². The number of hydrogen-bond acceptors (Lipinski definition) is 5. The van der Waals surface area contributed by atoms with Crippen LogP contribution < -0.4 is 10.9 Å². The Bertz CT molecular complexity index is 1350. The zero-order valence-corrected chi connectivity index (χ0v) is 20.1. The molecule has 0 aliphatic carbocycles. The molecule has 0 aliphatic rings. The van der Waals surface area contributed by atoms with Crippen molar-refractivity contribution < 1.29 is 4.79 Å². The smallest absolute Gasteiger partial charge is 0.295 e. The third-order valence-electron chi connectivity index (χ3n) is 5.60. The second-order valence-corrected chi connectivity index (χ2v) is 9.23. The van der Waals surface area contributed by atoms with Gasteiger partial charge in [0.05, 0.1) is 16.6 Å². The van der Waals surface area contributed by atoms with Crippen LogP contribution in [0, 0.1) is 13.8 Å². The molecule has 8 nitrogen and oxygen atoms in total. The average molecular weight is 463 g/mol. The highest BCUT2D eigenvalue weighted by Gasteiger charge is 2.23. The molecule has 0 radical (unpaired) electrons. The Kier molecular flexibility index (Phi) is 6.24. The maximum absolute atomic E-state index is 13.1. The Morgan fingerprint density at radius 2 is 1.67 bits per heavy atom. The van der Waals surface area contributed by atoms with E-state index in [1.165, 1.54) is 17.3 Å². The monoisotopic (exact) mass is 462 g/mol. The lowest BCUT2D eigenvalue weighted by Gasteiger charge is -2.11. The second-order valence-electron chi connectivity index (χ2n) is 7.92. The van der Waals surface area contributed by atoms with Gasteiger partial charge in [-0.2, -0.15) is 0 Å². The summed E-state index contributed by atoms with van der Waals surface area (Å²) in [5.41, 5.74) is 3.54. The Balaban J connectivity index is 1.53. The van der Waals surface area contributed by atoms with Crippen LogP contribution in [0.15, 0.2) is 64.5 Å². The highest BCUT2D eigenvalue weighted by Crippen LogP contribution is 2.26. The molecule has 0 fully saturated rings. The number of carbonyl (C=O) groups is 1. The van der Waals surface area contributed by atoms with Gasteiger partial charge in [-0.15, -0.1) is 10.2 Å². The molecular weight excluding hydrogens is 436 g/mol. The molecule has 1 amide bonds. The van der Waals surface area contributed by atoms with Crippen molar-refractivity contribution in [2.45, 2.75) is 31.2 Å². The molecule has 170 valence electrons. The van der Waals surface area contributed by atoms with Gasteiger partial charge in [-0.1, -0.05) is 59.8 Å². The molecule has 0 bridgehead atoms. The molecule has 0 saturated heterocycles. The van der Waals surface area contributed by atoms with E-state index in [0.717, 1.165) is 17.1 Å². The van der Waals surface area contributed by atoms with Crippen molar-refractivity contribution in [3.8, 4) is 17.1 Å². The molecule has 4 aromatic rings. The summed E-state index contributed by atoms with van der Waals surface area (Å²) in [5, 5.41) is 11.5. The number of thioether (sulfide) groups is 1. The highest BCUT2D eigenvalue weighted by molar-refractivity contribution is 8.00. The van der Waals surface area contributed by atoms with Gasteiger partial charge in [0, 0.05) is 19.7 Å². The maximum Gasteiger partial charge on any atom is 0.295 e. The second kappa shape index (κ2) is 9.11. The van der Waals surface area contributed by atoms with Crippen LogP contribution in [-0.2, 0) is 18.9 Å². The van der Waals surface area contributed by atoms with E-state index < -0.39 is 5.25 Å². The first-order valence-electron chi connectivity index (χ1n) is 10.6. The van der Waals surface area contributed by atoms with E-state index in [4.69, 9.17) is 0 Å². The van der Waals surface area contributed by atoms with Crippen molar-refractivity contribution in [1.82, 2.24) is 24.1 Å². The molecule has 2 aromatic carbocycles. The van der Waals surface area contributed by atoms with Crippen molar-refractivity contribution in [3.63, 3.8) is 0 Å². The predicted octanol–water partition coefficient (Wildman–Crippen LogP) is 3.71. The number of hydrogen-bond donors (Lipinski definition) is 1. The minimum absolute atomic E-state index is 0.271. The van der Waals surface area contributed by atoms with E-state index >= 15 is 0 Å². The standard InChI is InChI=1S/C24H26N6O2S/c1-15-11-13-18(14-12-15)21-26-27-24(28(21)4)33-17(3)22(31)25-20-16(2)29(5)30(23(20)32)19-9-7-6-8-10-19/h6-14,17H,1-5H3,(H,25,31). The van der Waals surface area contributed by atoms with Gasteiger partial charge < -0.3 is 9.88 Å². The number of aryl methyl sites for hydroxylation is 1. The minimum Gasteiger partial charge on any atom is -0.319 e. The summed E-state index contributed by atoms with van der Waals surface area (Å²) in [5.74, 6) is 0.459. The van der Waals surface area contributed by atoms with Crippen LogP contribution in [0.4, 0.5) is 5.69 Å². The largest absolute Gasteiger partial charge is 0.319 e. The highest BCUT2D eigenvalue weighted by atomic mass is 32.2. The number of amides is 1. The number of benzene rings is 2. The molecule has 1 atom stereocenters. The summed E-state index contributed by atoms with van der Waals surface area (Å²) < 4.78 is 5.15. The molecule has 4 rings (SSSR count). The molecule has 0 aliphatic heterocycles. The zero-order chi connectivity index (χ0) is 23.7. The lowest BCUT2D eigenvalue weighted by molar-refractivity contribution is -0.115. The van der Waals surface area contributed by atoms with Crippen LogP contribution in [0.5, 0.6) is 0 Å². The summed E-state index contributed by atoms with van der Waals surface area (Å²) in [6.07, 6.45) is 0. The first kappa shape index (κ1) is 22.6. The summed E-state index contributed by atoms with van der Waals surface area (Å²) in [4.78, 5) is 26.0. The number of nitrogens with one attached hydrogen (secondary N) is 1. The van der Waals surface area contributed by atoms with E-state index in [0.29, 0.717) is 10.9 Å². The van der Waals surface area contributed by atoms with E-state index in [9.17, 15) is 9.59 Å². The third kappa shape index (κ3) is 4.36. The quantitative estimate of drug-likeness (QED) is 0.442. The van der Waals surface area contributed by atoms with Crippen molar-refractivity contribution >= 4 is 23.4 Å². The van der Waals surface area contributed by atoms with Crippen LogP contribution in [0.3, 0.4) is 0 Å². The summed E-state index contributed by atoms with van der Waals surface area (Å²) in [6, 6.07) is 17.4. The first-order chi connectivity index (χ1) is 15.8. The SMILES string of the molecule is Cc1ccc(-c2nnc(SC(C)C(=O)Nc3c(C)n(C)n(-c4ccccc4)c3=O)n2C)cc1. The van der Waals surface area contributed by atoms with Gasteiger partial charge in [-0.05, 0) is 32.9 Å². The van der Waals surface area contributed by atoms with Gasteiger partial charge in [-0.3, -0.25) is 14.3 Å². The van der Waals surface area contributed by atoms with E-state index in [1.807, 2.05) is 80.1 Å². The summed E-state index contributed by atoms with van der Waals surface area (Å²) in [6.45, 7) is 5.63. The molecule has 1 N–H and O–H groups in total. The van der Waals surface area contributed by atoms with E-state index in [2.05, 4.69) is 15.5 Å². The zero-order valence-electron chi connectivity index (χ0n) is 19.2. The van der Waals surface area contributed by atoms with E-state index in [1.54, 1.807) is 23.3 Å². The van der Waals surface area contributed by atoms with Crippen molar-refractivity contribution in [1.29, 1.82) is 0 Å². The number of anilines is 1. The number of aromatic nitrogens is 5. The summed E-state index contributed by atoms with van der Waals surface area (Å²) in [7, 11) is 3.67. The maximum atomic E-state index is 13.1. The fourth-order valence-corrected chi connectivity index (χ4v) is 4.34. The molecule has 0 saturated carbocycles. The Labute approximate surface area is 196 Å². The van der Waals surface area contributed by atoms with Gasteiger partial charge in [0.25, 0.3) is 5.56 Å². The van der Waals surface area contributed by atoms with Crippen LogP contribution in [0.2, 0.25) is 0 Å². The molecule has 33 heavy (non-hydrogen) atoms. The van der Waals surface area contributed by atoms with Gasteiger partial charge in [0.1, 0.15) is 5.69 Å². The number of rotatable bonds is 6. The Morgan fingerprint density at radius 1 is 1.00 bits per heavy atom. The van der Waals surface area contributed by atoms with Gasteiger partial charge in [0.2, 0.25) is 5.91 Å². The lowest BCUT2D eigenvalue weighted by atomic mass is 10.1. The first-order valence-corrected chi connectivity index (χ1v) is 11.4. The normalized spacial score (nSPS) is 12.0. The molecule has 2 heterocycles. The summed E-state index contributed by atoms with van der Waals surface area (Å²) >= 11 is 1.30. The molecular formula is C24H26N6O2S. The van der Waals surface area contributed by atoms with Crippen LogP contribution in [-0.4, -0.2) is 35.3 Å². The lowest BCUT2D eigenvalue weighted by Crippen LogP contribution is -2.27. The van der Waals surface area contributed by atoms with Crippen LogP contribution in [0.25, 0.3) is 17.1 Å². The number of carbonyl (C=O) groups excluding carboxylic acids is 1. The van der Waals surface area contributed by atoms with Crippen molar-refractivity contribution in [2.24, 2.45) is 14.1 Å². The third-order valence-corrected chi connectivity index (χ3v) is 6.73. The van der Waals surface area contributed by atoms with Gasteiger partial charge in [0.15, 0.2) is 11.0 Å². The predicted molar refractivity (Wildman–Crippen MR) is 131 cm³/mol. The fourth-order valence-electron chi connectivity index (χ4n) is 3.52. The van der Waals surface area contributed by atoms with Crippen molar-refractivity contribution in [2.75, 3.05) is 5.32 Å². The van der Waals surface area contributed by atoms with Crippen molar-refractivity contribution in [3.05, 3.63) is 76.2 Å². The topological polar surface area (TPSA) is 86.7 Å². The minimum atomic E-state index is -0.483. The number of nitrogens with zero attached hydrogens (tertiary/aromatic N) is 5. The van der Waals surface area contributed by atoms with Gasteiger partial charge in [-0.25, -0.2) is 4.68 Å². The molecule has 1 unspecified atom stereocenters. The van der Waals surface area contributed by atoms with Crippen LogP contribution >= 0.6 is 11.8 Å². The Hall–Kier alpha value is -3.59. The molecule has 2 aromatic heterocycles. The fraction of sp³-hybridized carbons (Fsp3) is 0.250. The van der Waals surface area contributed by atoms with Gasteiger partial charge >= 0.3 is 0 Å². The molecule has 9 heteroatoms. The number of para-hydroxylation sites is 1. The van der Waals surface area contributed by atoms with E-state index in [-0.39, 0.29) is 17.2 Å². The average Bonchev–Trinajstić information content (AvgIpc) is 3.27.